The molecule has 0 aliphatic heterocycles. The van der Waals surface area contributed by atoms with Crippen LogP contribution in [0.3, 0.4) is 0 Å². The molecule has 1 aromatic carbocycles. The van der Waals surface area contributed by atoms with Crippen molar-refractivity contribution in [1.29, 1.82) is 0 Å². The lowest BCUT2D eigenvalue weighted by atomic mass is 10.2. The van der Waals surface area contributed by atoms with Gasteiger partial charge in [-0.15, -0.1) is 11.3 Å². The highest BCUT2D eigenvalue weighted by molar-refractivity contribution is 7.17. The Morgan fingerprint density at radius 2 is 1.95 bits per heavy atom. The molecule has 4 nitrogen and oxygen atoms in total. The summed E-state index contributed by atoms with van der Waals surface area (Å²) in [5.74, 6) is -0.171. The fourth-order valence-corrected chi connectivity index (χ4v) is 2.91. The van der Waals surface area contributed by atoms with Crippen molar-refractivity contribution >= 4 is 27.3 Å². The fourth-order valence-electron chi connectivity index (χ4n) is 2.14. The normalized spacial score (nSPS) is 10.7. The van der Waals surface area contributed by atoms with Crippen LogP contribution in [0.15, 0.2) is 58.8 Å². The lowest BCUT2D eigenvalue weighted by Gasteiger charge is -2.07. The monoisotopic (exact) mass is 298 g/mol. The van der Waals surface area contributed by atoms with Crippen LogP contribution in [0.2, 0.25) is 0 Å². The van der Waals surface area contributed by atoms with Gasteiger partial charge in [0.15, 0.2) is 0 Å². The summed E-state index contributed by atoms with van der Waals surface area (Å²) in [5, 5.41) is 5.37. The van der Waals surface area contributed by atoms with E-state index in [0.29, 0.717) is 11.9 Å². The van der Waals surface area contributed by atoms with Gasteiger partial charge in [0.1, 0.15) is 6.54 Å². The summed E-state index contributed by atoms with van der Waals surface area (Å²) >= 11 is 1.52. The molecule has 0 radical (unpaired) electrons. The average molecular weight is 298 g/mol. The Hall–Kier alpha value is -2.40. The number of carbonyl (C=O) groups is 1. The number of rotatable bonds is 4. The van der Waals surface area contributed by atoms with Crippen LogP contribution in [0.4, 0.5) is 0 Å². The molecular formula is C16H14N2O2S. The van der Waals surface area contributed by atoms with Gasteiger partial charge in [-0.25, -0.2) is 0 Å². The first-order valence-electron chi connectivity index (χ1n) is 6.61. The summed E-state index contributed by atoms with van der Waals surface area (Å²) in [7, 11) is 0. The second-order valence-corrected chi connectivity index (χ2v) is 5.66. The summed E-state index contributed by atoms with van der Waals surface area (Å²) in [5.41, 5.74) is 0.912. The van der Waals surface area contributed by atoms with E-state index in [1.165, 1.54) is 15.9 Å². The number of amides is 1. The maximum Gasteiger partial charge on any atom is 0.259 e. The van der Waals surface area contributed by atoms with Crippen molar-refractivity contribution in [2.24, 2.45) is 0 Å². The molecule has 0 bridgehead atoms. The summed E-state index contributed by atoms with van der Waals surface area (Å²) < 4.78 is 2.39. The molecule has 0 aliphatic rings. The first-order chi connectivity index (χ1) is 10.2. The van der Waals surface area contributed by atoms with Crippen LogP contribution in [-0.2, 0) is 17.9 Å². The molecule has 1 N–H and O–H groups in total. The maximum atomic E-state index is 12.2. The van der Waals surface area contributed by atoms with Gasteiger partial charge in [-0.1, -0.05) is 30.3 Å². The molecule has 106 valence electrons. The highest BCUT2D eigenvalue weighted by Crippen LogP contribution is 2.16. The van der Waals surface area contributed by atoms with Gasteiger partial charge in [-0.2, -0.15) is 0 Å². The van der Waals surface area contributed by atoms with Gasteiger partial charge in [0, 0.05) is 17.4 Å². The zero-order chi connectivity index (χ0) is 14.7. The minimum atomic E-state index is -0.171. The maximum absolute atomic E-state index is 12.2. The van der Waals surface area contributed by atoms with Crippen LogP contribution in [0.5, 0.6) is 0 Å². The third-order valence-corrected chi connectivity index (χ3v) is 4.12. The first kappa shape index (κ1) is 13.6. The smallest absolute Gasteiger partial charge is 0.259 e. The van der Waals surface area contributed by atoms with E-state index in [1.807, 2.05) is 41.8 Å². The number of nitrogens with zero attached hydrogens (tertiary/aromatic N) is 1. The van der Waals surface area contributed by atoms with Crippen LogP contribution in [0, 0.1) is 0 Å². The number of pyridine rings is 1. The van der Waals surface area contributed by atoms with E-state index >= 15 is 0 Å². The third kappa shape index (κ3) is 3.03. The SMILES string of the molecule is O=C(Cn1ccc2sccc2c1=O)NCc1ccccc1. The molecule has 1 amide bonds. The Kier molecular flexibility index (Phi) is 3.83. The fraction of sp³-hybridized carbons (Fsp3) is 0.125. The van der Waals surface area contributed by atoms with Crippen molar-refractivity contribution in [1.82, 2.24) is 9.88 Å². The minimum Gasteiger partial charge on any atom is -0.350 e. The molecule has 0 saturated carbocycles. The number of benzene rings is 1. The Morgan fingerprint density at radius 1 is 1.14 bits per heavy atom. The molecule has 2 aromatic heterocycles. The lowest BCUT2D eigenvalue weighted by molar-refractivity contribution is -0.121. The minimum absolute atomic E-state index is 0.0391. The quantitative estimate of drug-likeness (QED) is 0.804. The largest absolute Gasteiger partial charge is 0.350 e. The molecule has 0 saturated heterocycles. The van der Waals surface area contributed by atoms with Crippen molar-refractivity contribution in [3.05, 3.63) is 70.0 Å². The summed E-state index contributed by atoms with van der Waals surface area (Å²) in [6.07, 6.45) is 1.67. The predicted octanol–water partition coefficient (Wildman–Crippen LogP) is 2.38. The van der Waals surface area contributed by atoms with Crippen LogP contribution in [-0.4, -0.2) is 10.5 Å². The zero-order valence-electron chi connectivity index (χ0n) is 11.3. The lowest BCUT2D eigenvalue weighted by Crippen LogP contribution is -2.31. The number of thiophene rings is 1. The van der Waals surface area contributed by atoms with Crippen molar-refractivity contribution in [2.45, 2.75) is 13.1 Å². The van der Waals surface area contributed by atoms with Crippen molar-refractivity contribution in [2.75, 3.05) is 0 Å². The van der Waals surface area contributed by atoms with E-state index in [-0.39, 0.29) is 18.0 Å². The number of hydrogen-bond acceptors (Lipinski definition) is 3. The van der Waals surface area contributed by atoms with E-state index in [1.54, 1.807) is 12.3 Å². The van der Waals surface area contributed by atoms with Crippen LogP contribution in [0.25, 0.3) is 10.1 Å². The van der Waals surface area contributed by atoms with Crippen molar-refractivity contribution in [3.63, 3.8) is 0 Å². The second kappa shape index (κ2) is 5.93. The van der Waals surface area contributed by atoms with Crippen LogP contribution < -0.4 is 10.9 Å². The molecule has 5 heteroatoms. The van der Waals surface area contributed by atoms with Crippen molar-refractivity contribution < 1.29 is 4.79 Å². The molecule has 3 aromatic rings. The van der Waals surface area contributed by atoms with Gasteiger partial charge in [0.05, 0.1) is 5.39 Å². The number of fused-ring (bicyclic) bond motifs is 1. The Morgan fingerprint density at radius 3 is 2.76 bits per heavy atom. The number of nitrogens with one attached hydrogen (secondary N) is 1. The van der Waals surface area contributed by atoms with Gasteiger partial charge in [-0.05, 0) is 23.1 Å². The third-order valence-electron chi connectivity index (χ3n) is 3.24. The Balaban J connectivity index is 1.69. The van der Waals surface area contributed by atoms with Crippen LogP contribution in [0.1, 0.15) is 5.56 Å². The van der Waals surface area contributed by atoms with Crippen LogP contribution >= 0.6 is 11.3 Å². The second-order valence-electron chi connectivity index (χ2n) is 4.71. The molecule has 0 unspecified atom stereocenters. The zero-order valence-corrected chi connectivity index (χ0v) is 12.1. The highest BCUT2D eigenvalue weighted by Gasteiger charge is 2.07. The Labute approximate surface area is 125 Å². The molecule has 0 atom stereocenters. The first-order valence-corrected chi connectivity index (χ1v) is 7.49. The number of carbonyl (C=O) groups excluding carboxylic acids is 1. The van der Waals surface area contributed by atoms with E-state index in [9.17, 15) is 9.59 Å². The summed E-state index contributed by atoms with van der Waals surface area (Å²) in [6, 6.07) is 13.3. The molecular weight excluding hydrogens is 284 g/mol. The number of aromatic nitrogens is 1. The van der Waals surface area contributed by atoms with Gasteiger partial charge in [0.2, 0.25) is 5.91 Å². The van der Waals surface area contributed by atoms with Gasteiger partial charge < -0.3 is 9.88 Å². The molecule has 0 fully saturated rings. The molecule has 0 aliphatic carbocycles. The Bertz CT molecular complexity index is 821. The predicted molar refractivity (Wildman–Crippen MR) is 84.4 cm³/mol. The van der Waals surface area contributed by atoms with E-state index in [0.717, 1.165) is 10.3 Å². The topological polar surface area (TPSA) is 51.1 Å². The molecule has 21 heavy (non-hydrogen) atoms. The van der Waals surface area contributed by atoms with E-state index in [4.69, 9.17) is 0 Å². The highest BCUT2D eigenvalue weighted by atomic mass is 32.1. The van der Waals surface area contributed by atoms with E-state index in [2.05, 4.69) is 5.32 Å². The van der Waals surface area contributed by atoms with Gasteiger partial charge >= 0.3 is 0 Å². The van der Waals surface area contributed by atoms with Gasteiger partial charge in [0.25, 0.3) is 5.56 Å². The van der Waals surface area contributed by atoms with Crippen molar-refractivity contribution in [3.8, 4) is 0 Å². The summed E-state index contributed by atoms with van der Waals surface area (Å²) in [6.45, 7) is 0.507. The molecule has 0 spiro atoms. The van der Waals surface area contributed by atoms with E-state index < -0.39 is 0 Å². The standard InChI is InChI=1S/C16H14N2O2S/c19-15(17-10-12-4-2-1-3-5-12)11-18-8-6-14-13(16(18)20)7-9-21-14/h1-9H,10-11H2,(H,17,19). The molecule has 2 heterocycles. The average Bonchev–Trinajstić information content (AvgIpc) is 2.98. The molecule has 3 rings (SSSR count). The van der Waals surface area contributed by atoms with Gasteiger partial charge in [-0.3, -0.25) is 9.59 Å². The number of hydrogen-bond donors (Lipinski definition) is 1. The summed E-state index contributed by atoms with van der Waals surface area (Å²) in [4.78, 5) is 24.1.